The summed E-state index contributed by atoms with van der Waals surface area (Å²) >= 11 is 0. The van der Waals surface area contributed by atoms with Crippen molar-refractivity contribution in [3.63, 3.8) is 0 Å². The van der Waals surface area contributed by atoms with E-state index in [9.17, 15) is 5.11 Å². The van der Waals surface area contributed by atoms with Gasteiger partial charge >= 0.3 is 0 Å². The fourth-order valence-electron chi connectivity index (χ4n) is 1.90. The van der Waals surface area contributed by atoms with E-state index in [2.05, 4.69) is 0 Å². The van der Waals surface area contributed by atoms with Gasteiger partial charge in [0.1, 0.15) is 0 Å². The van der Waals surface area contributed by atoms with Crippen LogP contribution in [0, 0.1) is 5.92 Å². The van der Waals surface area contributed by atoms with Gasteiger partial charge in [0.25, 0.3) is 0 Å². The molecule has 1 fully saturated rings. The summed E-state index contributed by atoms with van der Waals surface area (Å²) in [6, 6.07) is 5.80. The van der Waals surface area contributed by atoms with Crippen molar-refractivity contribution in [3.8, 4) is 11.5 Å². The summed E-state index contributed by atoms with van der Waals surface area (Å²) in [5.41, 5.74) is 1.09. The molecule has 16 heavy (non-hydrogen) atoms. The van der Waals surface area contributed by atoms with E-state index in [1.807, 2.05) is 18.2 Å². The molecule has 3 heteroatoms. The van der Waals surface area contributed by atoms with Gasteiger partial charge in [-0.25, -0.2) is 0 Å². The Balaban J connectivity index is 2.08. The number of methoxy groups -OCH3 is 2. The molecule has 1 aliphatic rings. The van der Waals surface area contributed by atoms with Gasteiger partial charge in [-0.1, -0.05) is 6.07 Å². The summed E-state index contributed by atoms with van der Waals surface area (Å²) < 4.78 is 10.4. The maximum Gasteiger partial charge on any atom is 0.160 e. The summed E-state index contributed by atoms with van der Waals surface area (Å²) in [6.07, 6.45) is 2.81. The molecule has 0 amide bonds. The lowest BCUT2D eigenvalue weighted by atomic mass is 10.0. The van der Waals surface area contributed by atoms with Crippen LogP contribution in [0.25, 0.3) is 0 Å². The molecule has 1 aromatic rings. The second-order valence-electron chi connectivity index (χ2n) is 4.30. The Labute approximate surface area is 96.0 Å². The molecule has 0 saturated heterocycles. The monoisotopic (exact) mass is 222 g/mol. The molecule has 0 spiro atoms. The van der Waals surface area contributed by atoms with Crippen LogP contribution in [0.5, 0.6) is 11.5 Å². The van der Waals surface area contributed by atoms with Crippen LogP contribution >= 0.6 is 0 Å². The molecule has 0 radical (unpaired) electrons. The number of hydrogen-bond donors (Lipinski definition) is 1. The predicted octanol–water partition coefficient (Wildman–Crippen LogP) is 2.02. The number of rotatable bonds is 5. The van der Waals surface area contributed by atoms with Crippen LogP contribution in [0.3, 0.4) is 0 Å². The summed E-state index contributed by atoms with van der Waals surface area (Å²) in [7, 11) is 3.25. The van der Waals surface area contributed by atoms with Gasteiger partial charge in [-0.05, 0) is 42.9 Å². The summed E-state index contributed by atoms with van der Waals surface area (Å²) in [5.74, 6) is 1.96. The topological polar surface area (TPSA) is 38.7 Å². The Bertz CT molecular complexity index is 358. The van der Waals surface area contributed by atoms with Crippen molar-refractivity contribution in [1.29, 1.82) is 0 Å². The van der Waals surface area contributed by atoms with Crippen LogP contribution < -0.4 is 9.47 Å². The molecule has 0 aliphatic heterocycles. The minimum atomic E-state index is -0.210. The van der Waals surface area contributed by atoms with Gasteiger partial charge in [-0.15, -0.1) is 0 Å². The number of benzene rings is 1. The van der Waals surface area contributed by atoms with Gasteiger partial charge in [0.2, 0.25) is 0 Å². The SMILES string of the molecule is COc1ccc(CC(O)C2CC2)cc1OC. The molecule has 1 saturated carbocycles. The highest BCUT2D eigenvalue weighted by molar-refractivity contribution is 5.43. The number of ether oxygens (including phenoxy) is 2. The second-order valence-corrected chi connectivity index (χ2v) is 4.30. The number of aliphatic hydroxyl groups is 1. The number of hydrogen-bond acceptors (Lipinski definition) is 3. The lowest BCUT2D eigenvalue weighted by Gasteiger charge is -2.12. The van der Waals surface area contributed by atoms with Crippen LogP contribution in [-0.4, -0.2) is 25.4 Å². The average Bonchev–Trinajstić information content (AvgIpc) is 3.12. The van der Waals surface area contributed by atoms with Crippen LogP contribution in [0.15, 0.2) is 18.2 Å². The highest BCUT2D eigenvalue weighted by atomic mass is 16.5. The van der Waals surface area contributed by atoms with Crippen molar-refractivity contribution in [2.24, 2.45) is 5.92 Å². The quantitative estimate of drug-likeness (QED) is 0.828. The van der Waals surface area contributed by atoms with E-state index in [0.29, 0.717) is 12.3 Å². The first kappa shape index (κ1) is 11.3. The zero-order valence-corrected chi connectivity index (χ0v) is 9.77. The maximum atomic E-state index is 9.86. The minimum absolute atomic E-state index is 0.210. The Morgan fingerprint density at radius 3 is 2.50 bits per heavy atom. The third-order valence-electron chi connectivity index (χ3n) is 3.06. The van der Waals surface area contributed by atoms with Crippen molar-refractivity contribution in [3.05, 3.63) is 23.8 Å². The fraction of sp³-hybridized carbons (Fsp3) is 0.538. The van der Waals surface area contributed by atoms with E-state index >= 15 is 0 Å². The molecule has 1 aliphatic carbocycles. The summed E-state index contributed by atoms with van der Waals surface area (Å²) in [4.78, 5) is 0. The van der Waals surface area contributed by atoms with Crippen molar-refractivity contribution in [2.45, 2.75) is 25.4 Å². The van der Waals surface area contributed by atoms with E-state index < -0.39 is 0 Å². The van der Waals surface area contributed by atoms with Crippen molar-refractivity contribution in [2.75, 3.05) is 14.2 Å². The van der Waals surface area contributed by atoms with Gasteiger partial charge in [0.15, 0.2) is 11.5 Å². The zero-order chi connectivity index (χ0) is 11.5. The molecule has 1 unspecified atom stereocenters. The lowest BCUT2D eigenvalue weighted by Crippen LogP contribution is -2.12. The van der Waals surface area contributed by atoms with Crippen LogP contribution in [-0.2, 0) is 6.42 Å². The molecule has 1 aromatic carbocycles. The minimum Gasteiger partial charge on any atom is -0.493 e. The standard InChI is InChI=1S/C13H18O3/c1-15-12-6-3-9(8-13(12)16-2)7-11(14)10-4-5-10/h3,6,8,10-11,14H,4-5,7H2,1-2H3. The Kier molecular flexibility index (Phi) is 3.34. The Morgan fingerprint density at radius 1 is 1.25 bits per heavy atom. The number of aliphatic hydroxyl groups excluding tert-OH is 1. The fourth-order valence-corrected chi connectivity index (χ4v) is 1.90. The van der Waals surface area contributed by atoms with Crippen molar-refractivity contribution >= 4 is 0 Å². The van der Waals surface area contributed by atoms with Crippen LogP contribution in [0.4, 0.5) is 0 Å². The van der Waals surface area contributed by atoms with E-state index in [-0.39, 0.29) is 6.10 Å². The molecule has 1 atom stereocenters. The third kappa shape index (κ3) is 2.47. The van der Waals surface area contributed by atoms with Crippen molar-refractivity contribution < 1.29 is 14.6 Å². The van der Waals surface area contributed by atoms with Gasteiger partial charge in [-0.3, -0.25) is 0 Å². The highest BCUT2D eigenvalue weighted by Crippen LogP contribution is 2.35. The first-order valence-corrected chi connectivity index (χ1v) is 5.63. The molecule has 88 valence electrons. The van der Waals surface area contributed by atoms with E-state index in [0.717, 1.165) is 29.9 Å². The van der Waals surface area contributed by atoms with Crippen LogP contribution in [0.2, 0.25) is 0 Å². The molecule has 0 heterocycles. The molecular formula is C13H18O3. The maximum absolute atomic E-state index is 9.86. The normalized spacial score (nSPS) is 16.9. The van der Waals surface area contributed by atoms with E-state index in [1.54, 1.807) is 14.2 Å². The lowest BCUT2D eigenvalue weighted by molar-refractivity contribution is 0.151. The summed E-state index contributed by atoms with van der Waals surface area (Å²) in [6.45, 7) is 0. The van der Waals surface area contributed by atoms with Gasteiger partial charge in [-0.2, -0.15) is 0 Å². The Hall–Kier alpha value is -1.22. The summed E-state index contributed by atoms with van der Waals surface area (Å²) in [5, 5.41) is 9.86. The largest absolute Gasteiger partial charge is 0.493 e. The molecule has 3 nitrogen and oxygen atoms in total. The van der Waals surface area contributed by atoms with Crippen LogP contribution in [0.1, 0.15) is 18.4 Å². The smallest absolute Gasteiger partial charge is 0.160 e. The second kappa shape index (κ2) is 4.74. The van der Waals surface area contributed by atoms with E-state index in [1.165, 1.54) is 0 Å². The first-order chi connectivity index (χ1) is 7.74. The predicted molar refractivity (Wildman–Crippen MR) is 62.0 cm³/mol. The molecule has 1 N–H and O–H groups in total. The molecule has 0 aromatic heterocycles. The Morgan fingerprint density at radius 2 is 1.94 bits per heavy atom. The third-order valence-corrected chi connectivity index (χ3v) is 3.06. The molecule has 2 rings (SSSR count). The zero-order valence-electron chi connectivity index (χ0n) is 9.77. The highest BCUT2D eigenvalue weighted by Gasteiger charge is 2.29. The van der Waals surface area contributed by atoms with Crippen molar-refractivity contribution in [1.82, 2.24) is 0 Å². The van der Waals surface area contributed by atoms with Gasteiger partial charge < -0.3 is 14.6 Å². The first-order valence-electron chi connectivity index (χ1n) is 5.63. The van der Waals surface area contributed by atoms with Gasteiger partial charge in [0, 0.05) is 0 Å². The average molecular weight is 222 g/mol. The van der Waals surface area contributed by atoms with Gasteiger partial charge in [0.05, 0.1) is 20.3 Å². The van der Waals surface area contributed by atoms with E-state index in [4.69, 9.17) is 9.47 Å². The molecule has 0 bridgehead atoms. The molecular weight excluding hydrogens is 204 g/mol.